The molecule has 0 fully saturated rings. The van der Waals surface area contributed by atoms with E-state index < -0.39 is 0 Å². The standard InChI is InChI=1S/C34H32N2OS/c1-33(2,3)24-16-17-29-27(18-24)28-20-25(34(4,5)6)19-26(30(28)38-29)21-12-14-23(15-13-21)32-36-35-31(37-32)22-10-8-7-9-11-22/h7-20H,1-6H3. The zero-order chi connectivity index (χ0) is 26.7. The van der Waals surface area contributed by atoms with Gasteiger partial charge in [0.15, 0.2) is 0 Å². The highest BCUT2D eigenvalue weighted by atomic mass is 32.1. The Morgan fingerprint density at radius 3 is 1.79 bits per heavy atom. The third-order valence-electron chi connectivity index (χ3n) is 7.19. The maximum Gasteiger partial charge on any atom is 0.248 e. The molecule has 0 bridgehead atoms. The molecule has 0 aliphatic rings. The minimum Gasteiger partial charge on any atom is -0.416 e. The quantitative estimate of drug-likeness (QED) is 0.235. The van der Waals surface area contributed by atoms with E-state index >= 15 is 0 Å². The molecular formula is C34H32N2OS. The summed E-state index contributed by atoms with van der Waals surface area (Å²) in [6.45, 7) is 13.7. The van der Waals surface area contributed by atoms with Crippen LogP contribution in [0, 0.1) is 0 Å². The average Bonchev–Trinajstić information content (AvgIpc) is 3.53. The molecule has 190 valence electrons. The second-order valence-corrected chi connectivity index (χ2v) is 13.1. The molecule has 0 atom stereocenters. The van der Waals surface area contributed by atoms with Crippen molar-refractivity contribution < 1.29 is 4.42 Å². The van der Waals surface area contributed by atoms with E-state index in [9.17, 15) is 0 Å². The van der Waals surface area contributed by atoms with E-state index in [2.05, 4.69) is 106 Å². The molecule has 0 aliphatic carbocycles. The first-order valence-electron chi connectivity index (χ1n) is 13.1. The normalized spacial score (nSPS) is 12.5. The molecule has 6 rings (SSSR count). The molecule has 38 heavy (non-hydrogen) atoms. The van der Waals surface area contributed by atoms with Gasteiger partial charge in [-0.2, -0.15) is 0 Å². The van der Waals surface area contributed by atoms with Crippen LogP contribution < -0.4 is 0 Å². The molecule has 0 amide bonds. The van der Waals surface area contributed by atoms with E-state index in [1.807, 2.05) is 41.7 Å². The second kappa shape index (κ2) is 8.92. The summed E-state index contributed by atoms with van der Waals surface area (Å²) in [5, 5.41) is 11.2. The van der Waals surface area contributed by atoms with E-state index in [1.165, 1.54) is 42.4 Å². The van der Waals surface area contributed by atoms with Crippen molar-refractivity contribution in [2.24, 2.45) is 0 Å². The first kappa shape index (κ1) is 24.6. The van der Waals surface area contributed by atoms with Crippen molar-refractivity contribution in [3.63, 3.8) is 0 Å². The van der Waals surface area contributed by atoms with E-state index in [0.717, 1.165) is 11.1 Å². The van der Waals surface area contributed by atoms with Crippen molar-refractivity contribution in [2.45, 2.75) is 52.4 Å². The van der Waals surface area contributed by atoms with Gasteiger partial charge >= 0.3 is 0 Å². The Hall–Kier alpha value is -3.76. The molecule has 0 saturated carbocycles. The first-order chi connectivity index (χ1) is 18.1. The van der Waals surface area contributed by atoms with Crippen molar-refractivity contribution in [2.75, 3.05) is 0 Å². The van der Waals surface area contributed by atoms with E-state index in [4.69, 9.17) is 4.42 Å². The fourth-order valence-electron chi connectivity index (χ4n) is 4.82. The summed E-state index contributed by atoms with van der Waals surface area (Å²) in [6, 6.07) is 30.1. The van der Waals surface area contributed by atoms with Gasteiger partial charge in [0, 0.05) is 31.3 Å². The number of hydrogen-bond donors (Lipinski definition) is 0. The Bertz CT molecular complexity index is 1760. The maximum absolute atomic E-state index is 5.99. The van der Waals surface area contributed by atoms with Crippen LogP contribution in [0.25, 0.3) is 54.2 Å². The van der Waals surface area contributed by atoms with Crippen molar-refractivity contribution in [3.8, 4) is 34.0 Å². The third-order valence-corrected chi connectivity index (χ3v) is 8.41. The van der Waals surface area contributed by atoms with E-state index in [1.54, 1.807) is 0 Å². The number of hydrogen-bond acceptors (Lipinski definition) is 4. The van der Waals surface area contributed by atoms with Gasteiger partial charge in [-0.05, 0) is 81.6 Å². The molecule has 0 aliphatic heterocycles. The van der Waals surface area contributed by atoms with Gasteiger partial charge in [0.05, 0.1) is 0 Å². The lowest BCUT2D eigenvalue weighted by Crippen LogP contribution is -2.11. The Labute approximate surface area is 228 Å². The molecular weight excluding hydrogens is 484 g/mol. The van der Waals surface area contributed by atoms with Gasteiger partial charge in [-0.3, -0.25) is 0 Å². The van der Waals surface area contributed by atoms with E-state index in [-0.39, 0.29) is 10.8 Å². The van der Waals surface area contributed by atoms with Gasteiger partial charge in [-0.15, -0.1) is 21.5 Å². The van der Waals surface area contributed by atoms with Crippen LogP contribution in [-0.4, -0.2) is 10.2 Å². The van der Waals surface area contributed by atoms with Gasteiger partial charge in [0.25, 0.3) is 0 Å². The molecule has 6 aromatic rings. The van der Waals surface area contributed by atoms with Crippen molar-refractivity contribution in [1.29, 1.82) is 0 Å². The summed E-state index contributed by atoms with van der Waals surface area (Å²) in [5.74, 6) is 1.06. The summed E-state index contributed by atoms with van der Waals surface area (Å²) in [6.07, 6.45) is 0. The van der Waals surface area contributed by atoms with Gasteiger partial charge in [0.2, 0.25) is 11.8 Å². The van der Waals surface area contributed by atoms with Crippen LogP contribution in [0.2, 0.25) is 0 Å². The lowest BCUT2D eigenvalue weighted by molar-refractivity contribution is 0.584. The van der Waals surface area contributed by atoms with Crippen molar-refractivity contribution >= 4 is 31.5 Å². The predicted molar refractivity (Wildman–Crippen MR) is 161 cm³/mol. The predicted octanol–water partition coefficient (Wildman–Crippen LogP) is 10.0. The summed E-state index contributed by atoms with van der Waals surface area (Å²) >= 11 is 1.88. The minimum atomic E-state index is 0.0381. The molecule has 0 saturated heterocycles. The zero-order valence-corrected chi connectivity index (χ0v) is 23.6. The molecule has 2 aromatic heterocycles. The summed E-state index contributed by atoms with van der Waals surface area (Å²) in [4.78, 5) is 0. The smallest absolute Gasteiger partial charge is 0.248 e. The topological polar surface area (TPSA) is 38.9 Å². The maximum atomic E-state index is 5.99. The number of nitrogens with zero attached hydrogens (tertiary/aromatic N) is 2. The molecule has 4 heteroatoms. The van der Waals surface area contributed by atoms with Crippen LogP contribution in [0.1, 0.15) is 52.7 Å². The highest BCUT2D eigenvalue weighted by molar-refractivity contribution is 7.26. The van der Waals surface area contributed by atoms with Crippen LogP contribution in [0.4, 0.5) is 0 Å². The summed E-state index contributed by atoms with van der Waals surface area (Å²) < 4.78 is 8.65. The summed E-state index contributed by atoms with van der Waals surface area (Å²) in [7, 11) is 0. The van der Waals surface area contributed by atoms with Crippen LogP contribution in [0.5, 0.6) is 0 Å². The summed E-state index contributed by atoms with van der Waals surface area (Å²) in [5.41, 5.74) is 7.15. The van der Waals surface area contributed by atoms with Crippen LogP contribution in [-0.2, 0) is 10.8 Å². The molecule has 3 nitrogen and oxygen atoms in total. The fourth-order valence-corrected chi connectivity index (χ4v) is 6.02. The first-order valence-corrected chi connectivity index (χ1v) is 13.9. The number of rotatable bonds is 3. The highest BCUT2D eigenvalue weighted by Crippen LogP contribution is 2.44. The Kier molecular flexibility index (Phi) is 5.77. The largest absolute Gasteiger partial charge is 0.416 e. The molecule has 0 unspecified atom stereocenters. The fraction of sp³-hybridized carbons (Fsp3) is 0.235. The van der Waals surface area contributed by atoms with Crippen LogP contribution in [0.3, 0.4) is 0 Å². The molecule has 2 heterocycles. The average molecular weight is 517 g/mol. The van der Waals surface area contributed by atoms with Gasteiger partial charge < -0.3 is 4.42 Å². The number of benzene rings is 4. The monoisotopic (exact) mass is 516 g/mol. The lowest BCUT2D eigenvalue weighted by atomic mass is 9.83. The Balaban J connectivity index is 1.46. The molecule has 0 N–H and O–H groups in total. The van der Waals surface area contributed by atoms with Gasteiger partial charge in [-0.25, -0.2) is 0 Å². The Morgan fingerprint density at radius 2 is 1.16 bits per heavy atom. The van der Waals surface area contributed by atoms with Gasteiger partial charge in [0.1, 0.15) is 0 Å². The molecule has 0 spiro atoms. The molecule has 0 radical (unpaired) electrons. The van der Waals surface area contributed by atoms with Crippen LogP contribution in [0.15, 0.2) is 89.3 Å². The highest BCUT2D eigenvalue weighted by Gasteiger charge is 2.21. The van der Waals surface area contributed by atoms with Gasteiger partial charge in [-0.1, -0.05) is 77.9 Å². The van der Waals surface area contributed by atoms with Crippen LogP contribution >= 0.6 is 11.3 Å². The minimum absolute atomic E-state index is 0.0381. The van der Waals surface area contributed by atoms with Crippen molar-refractivity contribution in [1.82, 2.24) is 10.2 Å². The van der Waals surface area contributed by atoms with Crippen molar-refractivity contribution in [3.05, 3.63) is 96.1 Å². The third kappa shape index (κ3) is 4.43. The number of fused-ring (bicyclic) bond motifs is 3. The SMILES string of the molecule is CC(C)(C)c1ccc2sc3c(-c4ccc(-c5nnc(-c6ccccc6)o5)cc4)cc(C(C)(C)C)cc3c2c1. The lowest BCUT2D eigenvalue weighted by Gasteiger charge is -2.21. The number of thiophene rings is 1. The number of aromatic nitrogens is 2. The molecule has 4 aromatic carbocycles. The van der Waals surface area contributed by atoms with E-state index in [0.29, 0.717) is 11.8 Å². The zero-order valence-electron chi connectivity index (χ0n) is 22.8. The second-order valence-electron chi connectivity index (χ2n) is 12.1. The Morgan fingerprint density at radius 1 is 0.579 bits per heavy atom.